The second kappa shape index (κ2) is 6.94. The molecule has 1 aliphatic rings. The van der Waals surface area contributed by atoms with Crippen molar-refractivity contribution in [2.45, 2.75) is 18.8 Å². The van der Waals surface area contributed by atoms with Crippen LogP contribution in [0.15, 0.2) is 22.6 Å². The van der Waals surface area contributed by atoms with Crippen LogP contribution in [-0.4, -0.2) is 30.5 Å². The summed E-state index contributed by atoms with van der Waals surface area (Å²) in [7, 11) is 1.62. The second-order valence-corrected chi connectivity index (χ2v) is 5.55. The van der Waals surface area contributed by atoms with Gasteiger partial charge in [-0.25, -0.2) is 0 Å². The fraction of sp³-hybridized carbons (Fsp3) is 0.375. The molecule has 5 nitrogen and oxygen atoms in total. The fourth-order valence-corrected chi connectivity index (χ4v) is 2.59. The molecule has 0 aliphatic carbocycles. The number of aromatic nitrogens is 2. The normalized spacial score (nSPS) is 18.7. The number of ether oxygens (including phenoxy) is 2. The quantitative estimate of drug-likeness (QED) is 0.857. The van der Waals surface area contributed by atoms with E-state index in [-0.39, 0.29) is 5.92 Å². The van der Waals surface area contributed by atoms with Crippen LogP contribution in [0.4, 0.5) is 0 Å². The van der Waals surface area contributed by atoms with Crippen molar-refractivity contribution in [3.05, 3.63) is 40.6 Å². The Hall–Kier alpha value is -1.85. The van der Waals surface area contributed by atoms with Crippen molar-refractivity contribution >= 4 is 23.8 Å². The average Bonchev–Trinajstić information content (AvgIpc) is 3.03. The lowest BCUT2D eigenvalue weighted by Gasteiger charge is -2.18. The number of benzene rings is 1. The summed E-state index contributed by atoms with van der Waals surface area (Å²) in [5.41, 5.74) is 0.857. The first-order valence-electron chi connectivity index (χ1n) is 7.19. The minimum Gasteiger partial charge on any atom is -0.496 e. The second-order valence-electron chi connectivity index (χ2n) is 5.11. The summed E-state index contributed by atoms with van der Waals surface area (Å²) in [5, 5.41) is 8.80. The van der Waals surface area contributed by atoms with Gasteiger partial charge < -0.3 is 13.9 Å². The molecule has 0 bridgehead atoms. The lowest BCUT2D eigenvalue weighted by Crippen LogP contribution is -2.15. The number of hydrogen-bond acceptors (Lipinski definition) is 5. The first kappa shape index (κ1) is 15.1. The van der Waals surface area contributed by atoms with Crippen molar-refractivity contribution in [3.63, 3.8) is 0 Å². The van der Waals surface area contributed by atoms with Gasteiger partial charge >= 0.3 is 0 Å². The SMILES string of the molecule is COc1ccc(Cl)cc1/C=C/c1nnc(C2CCCOC2)o1. The highest BCUT2D eigenvalue weighted by Gasteiger charge is 2.21. The summed E-state index contributed by atoms with van der Waals surface area (Å²) in [6.45, 7) is 1.46. The molecule has 0 saturated carbocycles. The Morgan fingerprint density at radius 3 is 3.00 bits per heavy atom. The molecule has 6 heteroatoms. The topological polar surface area (TPSA) is 57.4 Å². The molecule has 0 radical (unpaired) electrons. The number of rotatable bonds is 4. The molecule has 2 aromatic rings. The monoisotopic (exact) mass is 320 g/mol. The van der Waals surface area contributed by atoms with E-state index in [1.165, 1.54) is 0 Å². The van der Waals surface area contributed by atoms with Gasteiger partial charge in [0.05, 0.1) is 19.6 Å². The largest absolute Gasteiger partial charge is 0.496 e. The fourth-order valence-electron chi connectivity index (χ4n) is 2.41. The van der Waals surface area contributed by atoms with Gasteiger partial charge in [0.15, 0.2) is 0 Å². The Morgan fingerprint density at radius 2 is 2.23 bits per heavy atom. The van der Waals surface area contributed by atoms with Crippen LogP contribution in [0.25, 0.3) is 12.2 Å². The van der Waals surface area contributed by atoms with Crippen LogP contribution < -0.4 is 4.74 Å². The van der Waals surface area contributed by atoms with E-state index in [9.17, 15) is 0 Å². The van der Waals surface area contributed by atoms with Gasteiger partial charge in [-0.3, -0.25) is 0 Å². The third-order valence-corrected chi connectivity index (χ3v) is 3.80. The van der Waals surface area contributed by atoms with E-state index >= 15 is 0 Å². The van der Waals surface area contributed by atoms with E-state index < -0.39 is 0 Å². The van der Waals surface area contributed by atoms with Gasteiger partial charge in [0.1, 0.15) is 5.75 Å². The van der Waals surface area contributed by atoms with Gasteiger partial charge in [0.25, 0.3) is 0 Å². The van der Waals surface area contributed by atoms with E-state index in [4.69, 9.17) is 25.5 Å². The van der Waals surface area contributed by atoms with Crippen molar-refractivity contribution in [2.75, 3.05) is 20.3 Å². The molecule has 22 heavy (non-hydrogen) atoms. The van der Waals surface area contributed by atoms with Gasteiger partial charge in [0.2, 0.25) is 11.8 Å². The molecule has 1 unspecified atom stereocenters. The standard InChI is InChI=1S/C16H17ClN2O3/c1-20-14-6-5-13(17)9-11(14)4-7-15-18-19-16(22-15)12-3-2-8-21-10-12/h4-7,9,12H,2-3,8,10H2,1H3/b7-4+. The highest BCUT2D eigenvalue weighted by Crippen LogP contribution is 2.26. The Labute approximate surface area is 133 Å². The maximum absolute atomic E-state index is 6.01. The van der Waals surface area contributed by atoms with Gasteiger partial charge in [-0.05, 0) is 37.1 Å². The highest BCUT2D eigenvalue weighted by atomic mass is 35.5. The summed E-state index contributed by atoms with van der Waals surface area (Å²) < 4.78 is 16.4. The third-order valence-electron chi connectivity index (χ3n) is 3.56. The zero-order valence-electron chi connectivity index (χ0n) is 12.3. The maximum atomic E-state index is 6.01. The molecule has 0 amide bonds. The summed E-state index contributed by atoms with van der Waals surface area (Å²) in [6.07, 6.45) is 5.65. The molecular formula is C16H17ClN2O3. The Balaban J connectivity index is 1.75. The molecule has 0 N–H and O–H groups in total. The molecule has 0 spiro atoms. The number of nitrogens with zero attached hydrogens (tertiary/aromatic N) is 2. The summed E-state index contributed by atoms with van der Waals surface area (Å²) in [4.78, 5) is 0. The van der Waals surface area contributed by atoms with Crippen LogP contribution in [0.1, 0.15) is 36.1 Å². The first-order chi connectivity index (χ1) is 10.8. The van der Waals surface area contributed by atoms with Crippen molar-refractivity contribution in [1.29, 1.82) is 0 Å². The lowest BCUT2D eigenvalue weighted by molar-refractivity contribution is 0.0724. The first-order valence-corrected chi connectivity index (χ1v) is 7.57. The molecular weight excluding hydrogens is 304 g/mol. The molecule has 1 aromatic carbocycles. The zero-order chi connectivity index (χ0) is 15.4. The van der Waals surface area contributed by atoms with E-state index in [1.807, 2.05) is 18.2 Å². The molecule has 1 atom stereocenters. The van der Waals surface area contributed by atoms with Crippen LogP contribution >= 0.6 is 11.6 Å². The molecule has 1 aromatic heterocycles. The molecule has 116 valence electrons. The van der Waals surface area contributed by atoms with Crippen LogP contribution in [0.3, 0.4) is 0 Å². The summed E-state index contributed by atoms with van der Waals surface area (Å²) >= 11 is 6.01. The van der Waals surface area contributed by atoms with Crippen molar-refractivity contribution in [1.82, 2.24) is 10.2 Å². The maximum Gasteiger partial charge on any atom is 0.240 e. The summed E-state index contributed by atoms with van der Waals surface area (Å²) in [5.74, 6) is 2.03. The highest BCUT2D eigenvalue weighted by molar-refractivity contribution is 6.30. The van der Waals surface area contributed by atoms with Crippen molar-refractivity contribution < 1.29 is 13.9 Å². The smallest absolute Gasteiger partial charge is 0.240 e. The van der Waals surface area contributed by atoms with Gasteiger partial charge in [0, 0.05) is 23.3 Å². The predicted molar refractivity (Wildman–Crippen MR) is 84.0 cm³/mol. The van der Waals surface area contributed by atoms with Gasteiger partial charge in [-0.1, -0.05) is 11.6 Å². The van der Waals surface area contributed by atoms with Gasteiger partial charge in [-0.2, -0.15) is 0 Å². The number of hydrogen-bond donors (Lipinski definition) is 0. The molecule has 2 heterocycles. The zero-order valence-corrected chi connectivity index (χ0v) is 13.0. The third kappa shape index (κ3) is 3.48. The minimum atomic E-state index is 0.198. The van der Waals surface area contributed by atoms with Crippen LogP contribution in [0.2, 0.25) is 5.02 Å². The van der Waals surface area contributed by atoms with Gasteiger partial charge in [-0.15, -0.1) is 10.2 Å². The average molecular weight is 321 g/mol. The van der Waals surface area contributed by atoms with E-state index in [2.05, 4.69) is 10.2 Å². The number of methoxy groups -OCH3 is 1. The van der Waals surface area contributed by atoms with Crippen LogP contribution in [0.5, 0.6) is 5.75 Å². The van der Waals surface area contributed by atoms with Crippen molar-refractivity contribution in [3.8, 4) is 5.75 Å². The Kier molecular flexibility index (Phi) is 4.75. The number of halogens is 1. The van der Waals surface area contributed by atoms with Crippen molar-refractivity contribution in [2.24, 2.45) is 0 Å². The molecule has 1 fully saturated rings. The lowest BCUT2D eigenvalue weighted by atomic mass is 10.0. The van der Waals surface area contributed by atoms with E-state index in [0.717, 1.165) is 30.8 Å². The van der Waals surface area contributed by atoms with E-state index in [1.54, 1.807) is 19.3 Å². The predicted octanol–water partition coefficient (Wildman–Crippen LogP) is 3.80. The van der Waals surface area contributed by atoms with E-state index in [0.29, 0.717) is 23.4 Å². The molecule has 1 aliphatic heterocycles. The Bertz CT molecular complexity index is 663. The van der Waals surface area contributed by atoms with Crippen LogP contribution in [0, 0.1) is 0 Å². The molecule has 1 saturated heterocycles. The minimum absolute atomic E-state index is 0.198. The van der Waals surface area contributed by atoms with Crippen LogP contribution in [-0.2, 0) is 4.74 Å². The summed E-state index contributed by atoms with van der Waals surface area (Å²) in [6, 6.07) is 5.43. The molecule has 3 rings (SSSR count). The Morgan fingerprint density at radius 1 is 1.32 bits per heavy atom.